The van der Waals surface area contributed by atoms with Crippen molar-refractivity contribution in [2.45, 2.75) is 20.0 Å². The molecule has 0 saturated heterocycles. The van der Waals surface area contributed by atoms with E-state index < -0.39 is 10.0 Å². The fourth-order valence-electron chi connectivity index (χ4n) is 2.52. The van der Waals surface area contributed by atoms with Crippen molar-refractivity contribution in [3.05, 3.63) is 78.4 Å². The first-order chi connectivity index (χ1) is 12.0. The summed E-state index contributed by atoms with van der Waals surface area (Å²) in [7, 11) is -3.34. The number of aromatic nitrogens is 2. The van der Waals surface area contributed by atoms with Gasteiger partial charge in [0, 0.05) is 25.5 Å². The summed E-state index contributed by atoms with van der Waals surface area (Å²) in [6.45, 7) is 2.73. The monoisotopic (exact) mass is 355 g/mol. The predicted octanol–water partition coefficient (Wildman–Crippen LogP) is 2.98. The number of rotatable bonds is 7. The zero-order chi connectivity index (χ0) is 17.7. The minimum absolute atomic E-state index is 0.0288. The van der Waals surface area contributed by atoms with E-state index in [-0.39, 0.29) is 12.3 Å². The van der Waals surface area contributed by atoms with Crippen LogP contribution in [0.2, 0.25) is 0 Å². The van der Waals surface area contributed by atoms with Gasteiger partial charge in [0.1, 0.15) is 0 Å². The van der Waals surface area contributed by atoms with E-state index in [0.717, 1.165) is 16.7 Å². The number of hydrogen-bond donors (Lipinski definition) is 1. The summed E-state index contributed by atoms with van der Waals surface area (Å²) in [5.41, 5.74) is 4.35. The summed E-state index contributed by atoms with van der Waals surface area (Å²) in [6.07, 6.45) is 5.00. The molecule has 0 amide bonds. The van der Waals surface area contributed by atoms with Crippen LogP contribution in [0.25, 0.3) is 11.1 Å². The van der Waals surface area contributed by atoms with E-state index >= 15 is 0 Å². The Labute approximate surface area is 148 Å². The van der Waals surface area contributed by atoms with E-state index in [4.69, 9.17) is 0 Å². The van der Waals surface area contributed by atoms with Crippen molar-refractivity contribution in [3.8, 4) is 11.1 Å². The van der Waals surface area contributed by atoms with Crippen molar-refractivity contribution in [2.24, 2.45) is 0 Å². The third kappa shape index (κ3) is 5.01. The summed E-state index contributed by atoms with van der Waals surface area (Å²) in [5, 5.41) is 0. The highest BCUT2D eigenvalue weighted by molar-refractivity contribution is 7.89. The summed E-state index contributed by atoms with van der Waals surface area (Å²) in [6, 6.07) is 16.2. The third-order valence-corrected chi connectivity index (χ3v) is 5.29. The molecule has 0 aliphatic heterocycles. The molecule has 1 N–H and O–H groups in total. The van der Waals surface area contributed by atoms with E-state index in [9.17, 15) is 8.42 Å². The first-order valence-corrected chi connectivity index (χ1v) is 9.76. The van der Waals surface area contributed by atoms with Crippen molar-refractivity contribution in [3.63, 3.8) is 0 Å². The van der Waals surface area contributed by atoms with Gasteiger partial charge in [0.25, 0.3) is 0 Å². The maximum Gasteiger partial charge on any atom is 0.213 e. The van der Waals surface area contributed by atoms with Crippen molar-refractivity contribution < 1.29 is 8.42 Å². The summed E-state index contributed by atoms with van der Waals surface area (Å²) < 4.78 is 28.7. The lowest BCUT2D eigenvalue weighted by Gasteiger charge is -2.09. The predicted molar refractivity (Wildman–Crippen MR) is 99.5 cm³/mol. The number of nitrogens with zero attached hydrogens (tertiary/aromatic N) is 2. The molecule has 0 radical (unpaired) electrons. The highest BCUT2D eigenvalue weighted by Gasteiger charge is 2.10. The van der Waals surface area contributed by atoms with Gasteiger partial charge in [-0.3, -0.25) is 0 Å². The van der Waals surface area contributed by atoms with E-state index in [1.54, 1.807) is 23.3 Å². The smallest absolute Gasteiger partial charge is 0.213 e. The molecule has 0 aliphatic rings. The van der Waals surface area contributed by atoms with Gasteiger partial charge in [0.05, 0.1) is 12.1 Å². The van der Waals surface area contributed by atoms with Crippen molar-refractivity contribution >= 4 is 10.0 Å². The maximum absolute atomic E-state index is 12.1. The molecular weight excluding hydrogens is 334 g/mol. The van der Waals surface area contributed by atoms with Gasteiger partial charge < -0.3 is 4.57 Å². The average molecular weight is 355 g/mol. The fraction of sp³-hybridized carbons (Fsp3) is 0.211. The highest BCUT2D eigenvalue weighted by Crippen LogP contribution is 2.21. The Hall–Kier alpha value is -2.44. The quantitative estimate of drug-likeness (QED) is 0.709. The minimum atomic E-state index is -3.34. The second-order valence-corrected chi connectivity index (χ2v) is 7.93. The van der Waals surface area contributed by atoms with Crippen LogP contribution < -0.4 is 4.72 Å². The lowest BCUT2D eigenvalue weighted by molar-refractivity contribution is 0.574. The van der Waals surface area contributed by atoms with Gasteiger partial charge in [0.15, 0.2) is 0 Å². The van der Waals surface area contributed by atoms with E-state index in [1.165, 1.54) is 5.56 Å². The molecule has 5 nitrogen and oxygen atoms in total. The molecule has 0 aliphatic carbocycles. The molecule has 3 rings (SSSR count). The Morgan fingerprint density at radius 3 is 2.60 bits per heavy atom. The lowest BCUT2D eigenvalue weighted by Crippen LogP contribution is -2.27. The van der Waals surface area contributed by atoms with Crippen LogP contribution in [0.5, 0.6) is 0 Å². The first-order valence-electron chi connectivity index (χ1n) is 8.11. The summed E-state index contributed by atoms with van der Waals surface area (Å²) >= 11 is 0. The van der Waals surface area contributed by atoms with Crippen molar-refractivity contribution in [1.82, 2.24) is 14.3 Å². The van der Waals surface area contributed by atoms with Gasteiger partial charge in [-0.2, -0.15) is 0 Å². The van der Waals surface area contributed by atoms with E-state index in [0.29, 0.717) is 6.54 Å². The molecule has 0 saturated carbocycles. The van der Waals surface area contributed by atoms with Crippen LogP contribution in [0.3, 0.4) is 0 Å². The van der Waals surface area contributed by atoms with Crippen LogP contribution in [0, 0.1) is 6.92 Å². The van der Waals surface area contributed by atoms with Gasteiger partial charge in [0.2, 0.25) is 10.0 Å². The molecular formula is C19H21N3O2S. The fourth-order valence-corrected chi connectivity index (χ4v) is 3.50. The van der Waals surface area contributed by atoms with Gasteiger partial charge in [-0.15, -0.1) is 0 Å². The first kappa shape index (κ1) is 17.4. The molecule has 3 aromatic rings. The highest BCUT2D eigenvalue weighted by atomic mass is 32.2. The molecule has 6 heteroatoms. The third-order valence-electron chi connectivity index (χ3n) is 3.99. The standard InChI is InChI=1S/C19H21N3O2S/c1-16-5-7-18(8-6-16)19-4-2-3-17(13-19)14-21-25(23,24)12-11-22-10-9-20-15-22/h2-10,13,15,21H,11-12,14H2,1H3. The van der Waals surface area contributed by atoms with Gasteiger partial charge in [-0.05, 0) is 29.7 Å². The van der Waals surface area contributed by atoms with Crippen LogP contribution in [-0.4, -0.2) is 23.7 Å². The molecule has 1 heterocycles. The largest absolute Gasteiger partial charge is 0.336 e. The number of benzene rings is 2. The van der Waals surface area contributed by atoms with Crippen LogP contribution in [-0.2, 0) is 23.1 Å². The normalized spacial score (nSPS) is 11.6. The Morgan fingerprint density at radius 2 is 1.88 bits per heavy atom. The van der Waals surface area contributed by atoms with E-state index in [2.05, 4.69) is 40.9 Å². The van der Waals surface area contributed by atoms with Crippen LogP contribution in [0.1, 0.15) is 11.1 Å². The van der Waals surface area contributed by atoms with Crippen LogP contribution in [0.4, 0.5) is 0 Å². The van der Waals surface area contributed by atoms with E-state index in [1.807, 2.05) is 24.3 Å². The molecule has 1 aromatic heterocycles. The van der Waals surface area contributed by atoms with Crippen molar-refractivity contribution in [1.29, 1.82) is 0 Å². The second-order valence-electron chi connectivity index (χ2n) is 6.01. The number of sulfonamides is 1. The molecule has 0 fully saturated rings. The Balaban J connectivity index is 1.63. The van der Waals surface area contributed by atoms with Crippen LogP contribution >= 0.6 is 0 Å². The second kappa shape index (κ2) is 7.63. The minimum Gasteiger partial charge on any atom is -0.336 e. The zero-order valence-electron chi connectivity index (χ0n) is 14.1. The number of aryl methyl sites for hydroxylation is 2. The maximum atomic E-state index is 12.1. The number of nitrogens with one attached hydrogen (secondary N) is 1. The number of imidazole rings is 1. The SMILES string of the molecule is Cc1ccc(-c2cccc(CNS(=O)(=O)CCn3ccnc3)c2)cc1. The Bertz CT molecular complexity index is 918. The molecule has 0 unspecified atom stereocenters. The van der Waals surface area contributed by atoms with Gasteiger partial charge in [-0.25, -0.2) is 18.1 Å². The summed E-state index contributed by atoms with van der Waals surface area (Å²) in [4.78, 5) is 3.91. The lowest BCUT2D eigenvalue weighted by atomic mass is 10.0. The molecule has 0 bridgehead atoms. The number of hydrogen-bond acceptors (Lipinski definition) is 3. The Kier molecular flexibility index (Phi) is 5.31. The zero-order valence-corrected chi connectivity index (χ0v) is 14.9. The molecule has 0 spiro atoms. The van der Waals surface area contributed by atoms with Crippen LogP contribution in [0.15, 0.2) is 67.3 Å². The topological polar surface area (TPSA) is 64.0 Å². The average Bonchev–Trinajstić information content (AvgIpc) is 3.13. The molecule has 0 atom stereocenters. The molecule has 2 aromatic carbocycles. The van der Waals surface area contributed by atoms with Gasteiger partial charge in [-0.1, -0.05) is 48.0 Å². The van der Waals surface area contributed by atoms with Gasteiger partial charge >= 0.3 is 0 Å². The Morgan fingerprint density at radius 1 is 1.08 bits per heavy atom. The summed E-state index contributed by atoms with van der Waals surface area (Å²) in [5.74, 6) is 0.0288. The molecule has 25 heavy (non-hydrogen) atoms. The molecule has 130 valence electrons. The van der Waals surface area contributed by atoms with Crippen molar-refractivity contribution in [2.75, 3.05) is 5.75 Å².